The van der Waals surface area contributed by atoms with E-state index in [1.165, 1.54) is 24.3 Å². The first-order chi connectivity index (χ1) is 12.5. The molecule has 1 amide bonds. The van der Waals surface area contributed by atoms with Gasteiger partial charge < -0.3 is 14.8 Å². The maximum atomic E-state index is 12.2. The van der Waals surface area contributed by atoms with Gasteiger partial charge in [-0.3, -0.25) is 14.9 Å². The Bertz CT molecular complexity index is 776. The summed E-state index contributed by atoms with van der Waals surface area (Å²) >= 11 is 0. The molecule has 0 aliphatic heterocycles. The summed E-state index contributed by atoms with van der Waals surface area (Å²) in [6.45, 7) is 2.98. The van der Waals surface area contributed by atoms with Gasteiger partial charge in [0.2, 0.25) is 0 Å². The van der Waals surface area contributed by atoms with E-state index in [2.05, 4.69) is 12.2 Å². The molecule has 26 heavy (non-hydrogen) atoms. The molecule has 2 aromatic rings. The van der Waals surface area contributed by atoms with Crippen molar-refractivity contribution in [1.29, 1.82) is 0 Å². The number of nitro groups is 1. The molecule has 7 heteroatoms. The fourth-order valence-electron chi connectivity index (χ4n) is 2.31. The molecule has 0 saturated carbocycles. The van der Waals surface area contributed by atoms with Gasteiger partial charge in [0.05, 0.1) is 18.6 Å². The first-order valence-corrected chi connectivity index (χ1v) is 8.37. The van der Waals surface area contributed by atoms with Crippen molar-refractivity contribution in [1.82, 2.24) is 5.32 Å². The molecule has 0 radical (unpaired) electrons. The molecular weight excluding hydrogens is 336 g/mol. The van der Waals surface area contributed by atoms with Crippen molar-refractivity contribution in [2.75, 3.05) is 13.7 Å². The fourth-order valence-corrected chi connectivity index (χ4v) is 2.31. The fraction of sp³-hybridized carbons (Fsp3) is 0.316. The van der Waals surface area contributed by atoms with E-state index < -0.39 is 4.92 Å². The van der Waals surface area contributed by atoms with Crippen LogP contribution in [-0.2, 0) is 6.54 Å². The largest absolute Gasteiger partial charge is 0.493 e. The van der Waals surface area contributed by atoms with Crippen LogP contribution in [0.3, 0.4) is 0 Å². The maximum Gasteiger partial charge on any atom is 0.270 e. The van der Waals surface area contributed by atoms with Crippen LogP contribution in [0.5, 0.6) is 11.5 Å². The Morgan fingerprint density at radius 3 is 2.69 bits per heavy atom. The number of ether oxygens (including phenoxy) is 2. The van der Waals surface area contributed by atoms with Crippen LogP contribution in [0, 0.1) is 10.1 Å². The Labute approximate surface area is 152 Å². The van der Waals surface area contributed by atoms with E-state index in [0.29, 0.717) is 18.1 Å². The Kier molecular flexibility index (Phi) is 6.96. The van der Waals surface area contributed by atoms with Crippen molar-refractivity contribution >= 4 is 11.6 Å². The SMILES string of the molecule is CCCCOc1ccc(CNC(=O)c2cccc([N+](=O)[O-])c2)cc1OC. The molecule has 0 saturated heterocycles. The van der Waals surface area contributed by atoms with Gasteiger partial charge in [-0.05, 0) is 30.2 Å². The van der Waals surface area contributed by atoms with Gasteiger partial charge in [-0.25, -0.2) is 0 Å². The predicted octanol–water partition coefficient (Wildman–Crippen LogP) is 3.71. The molecule has 0 fully saturated rings. The topological polar surface area (TPSA) is 90.7 Å². The van der Waals surface area contributed by atoms with Crippen LogP contribution in [0.1, 0.15) is 35.7 Å². The van der Waals surface area contributed by atoms with Crippen LogP contribution in [0.2, 0.25) is 0 Å². The van der Waals surface area contributed by atoms with E-state index in [-0.39, 0.29) is 23.7 Å². The summed E-state index contributed by atoms with van der Waals surface area (Å²) in [5.41, 5.74) is 0.960. The second-order valence-electron chi connectivity index (χ2n) is 5.68. The quantitative estimate of drug-likeness (QED) is 0.419. The molecule has 0 unspecified atom stereocenters. The number of nitrogens with zero attached hydrogens (tertiary/aromatic N) is 1. The second-order valence-corrected chi connectivity index (χ2v) is 5.68. The minimum absolute atomic E-state index is 0.118. The number of unbranched alkanes of at least 4 members (excludes halogenated alkanes) is 1. The minimum Gasteiger partial charge on any atom is -0.493 e. The summed E-state index contributed by atoms with van der Waals surface area (Å²) in [6.07, 6.45) is 2.01. The molecule has 0 bridgehead atoms. The average molecular weight is 358 g/mol. The number of carbonyl (C=O) groups is 1. The lowest BCUT2D eigenvalue weighted by atomic mass is 10.1. The molecule has 0 aliphatic rings. The summed E-state index contributed by atoms with van der Waals surface area (Å²) in [7, 11) is 1.56. The van der Waals surface area contributed by atoms with Crippen molar-refractivity contribution in [3.05, 3.63) is 63.7 Å². The van der Waals surface area contributed by atoms with Crippen molar-refractivity contribution in [3.8, 4) is 11.5 Å². The Hall–Kier alpha value is -3.09. The number of amides is 1. The molecule has 2 aromatic carbocycles. The second kappa shape index (κ2) is 9.41. The number of nitro benzene ring substituents is 1. The molecule has 7 nitrogen and oxygen atoms in total. The number of methoxy groups -OCH3 is 1. The van der Waals surface area contributed by atoms with Crippen molar-refractivity contribution in [2.45, 2.75) is 26.3 Å². The molecule has 0 aliphatic carbocycles. The monoisotopic (exact) mass is 358 g/mol. The van der Waals surface area contributed by atoms with Gasteiger partial charge >= 0.3 is 0 Å². The van der Waals surface area contributed by atoms with Gasteiger partial charge in [-0.15, -0.1) is 0 Å². The van der Waals surface area contributed by atoms with Crippen LogP contribution in [-0.4, -0.2) is 24.5 Å². The van der Waals surface area contributed by atoms with Crippen LogP contribution in [0.15, 0.2) is 42.5 Å². The van der Waals surface area contributed by atoms with Crippen LogP contribution in [0.25, 0.3) is 0 Å². The number of hydrogen-bond donors (Lipinski definition) is 1. The zero-order valence-electron chi connectivity index (χ0n) is 14.9. The summed E-state index contributed by atoms with van der Waals surface area (Å²) in [5.74, 6) is 0.883. The Morgan fingerprint density at radius 1 is 1.19 bits per heavy atom. The maximum absolute atomic E-state index is 12.2. The van der Waals surface area contributed by atoms with Gasteiger partial charge in [-0.1, -0.05) is 25.5 Å². The molecule has 0 spiro atoms. The third kappa shape index (κ3) is 5.20. The van der Waals surface area contributed by atoms with E-state index in [0.717, 1.165) is 18.4 Å². The van der Waals surface area contributed by atoms with Crippen molar-refractivity contribution in [3.63, 3.8) is 0 Å². The summed E-state index contributed by atoms with van der Waals surface area (Å²) < 4.78 is 11.0. The van der Waals surface area contributed by atoms with Crippen molar-refractivity contribution in [2.24, 2.45) is 0 Å². The average Bonchev–Trinajstić information content (AvgIpc) is 2.66. The first-order valence-electron chi connectivity index (χ1n) is 8.37. The molecule has 0 aromatic heterocycles. The van der Waals surface area contributed by atoms with Crippen LogP contribution >= 0.6 is 0 Å². The van der Waals surface area contributed by atoms with Gasteiger partial charge in [0.15, 0.2) is 11.5 Å². The molecule has 1 N–H and O–H groups in total. The molecule has 0 heterocycles. The number of carbonyl (C=O) groups excluding carboxylic acids is 1. The van der Waals surface area contributed by atoms with Gasteiger partial charge in [0.25, 0.3) is 11.6 Å². The predicted molar refractivity (Wildman–Crippen MR) is 97.7 cm³/mol. The molecule has 2 rings (SSSR count). The molecule has 0 atom stereocenters. The first kappa shape index (κ1) is 19.2. The van der Waals surface area contributed by atoms with E-state index in [9.17, 15) is 14.9 Å². The zero-order valence-corrected chi connectivity index (χ0v) is 14.9. The highest BCUT2D eigenvalue weighted by atomic mass is 16.6. The smallest absolute Gasteiger partial charge is 0.270 e. The summed E-state index contributed by atoms with van der Waals surface area (Å²) in [6, 6.07) is 11.1. The van der Waals surface area contributed by atoms with Crippen molar-refractivity contribution < 1.29 is 19.2 Å². The van der Waals surface area contributed by atoms with E-state index >= 15 is 0 Å². The van der Waals surface area contributed by atoms with Gasteiger partial charge in [-0.2, -0.15) is 0 Å². The van der Waals surface area contributed by atoms with E-state index in [4.69, 9.17) is 9.47 Å². The summed E-state index contributed by atoms with van der Waals surface area (Å²) in [4.78, 5) is 22.5. The van der Waals surface area contributed by atoms with Crippen LogP contribution in [0.4, 0.5) is 5.69 Å². The highest BCUT2D eigenvalue weighted by Gasteiger charge is 2.12. The highest BCUT2D eigenvalue weighted by molar-refractivity contribution is 5.94. The number of benzene rings is 2. The lowest BCUT2D eigenvalue weighted by Gasteiger charge is -2.12. The normalized spacial score (nSPS) is 10.2. The van der Waals surface area contributed by atoms with E-state index in [1.807, 2.05) is 12.1 Å². The van der Waals surface area contributed by atoms with Gasteiger partial charge in [0, 0.05) is 24.2 Å². The molecular formula is C19H22N2O5. The number of non-ortho nitro benzene ring substituents is 1. The number of hydrogen-bond acceptors (Lipinski definition) is 5. The molecule has 138 valence electrons. The summed E-state index contributed by atoms with van der Waals surface area (Å²) in [5, 5.41) is 13.5. The Morgan fingerprint density at radius 2 is 2.00 bits per heavy atom. The minimum atomic E-state index is -0.529. The van der Waals surface area contributed by atoms with E-state index in [1.54, 1.807) is 13.2 Å². The number of nitrogens with one attached hydrogen (secondary N) is 1. The lowest BCUT2D eigenvalue weighted by molar-refractivity contribution is -0.384. The van der Waals surface area contributed by atoms with Crippen LogP contribution < -0.4 is 14.8 Å². The lowest BCUT2D eigenvalue weighted by Crippen LogP contribution is -2.22. The van der Waals surface area contributed by atoms with Gasteiger partial charge in [0.1, 0.15) is 0 Å². The third-order valence-electron chi connectivity index (χ3n) is 3.76. The number of rotatable bonds is 9. The zero-order chi connectivity index (χ0) is 18.9. The third-order valence-corrected chi connectivity index (χ3v) is 3.76. The standard InChI is InChI=1S/C19H22N2O5/c1-3-4-10-26-17-9-8-14(11-18(17)25-2)13-20-19(22)15-6-5-7-16(12-15)21(23)24/h5-9,11-12H,3-4,10,13H2,1-2H3,(H,20,22). The Balaban J connectivity index is 2.01. The highest BCUT2D eigenvalue weighted by Crippen LogP contribution is 2.28.